The number of fused-ring (bicyclic) bond motifs is 2. The molecule has 1 aromatic carbocycles. The number of ether oxygens (including phenoxy) is 2. The predicted molar refractivity (Wildman–Crippen MR) is 108 cm³/mol. The Morgan fingerprint density at radius 1 is 1.14 bits per heavy atom. The predicted octanol–water partition coefficient (Wildman–Crippen LogP) is 1.83. The van der Waals surface area contributed by atoms with Crippen LogP contribution in [-0.2, 0) is 9.59 Å². The number of anilines is 1. The van der Waals surface area contributed by atoms with E-state index < -0.39 is 0 Å². The largest absolute Gasteiger partial charge is 0.497 e. The van der Waals surface area contributed by atoms with Gasteiger partial charge in [0.25, 0.3) is 0 Å². The first-order chi connectivity index (χ1) is 13.1. The lowest BCUT2D eigenvalue weighted by atomic mass is 10.1. The van der Waals surface area contributed by atoms with Crippen LogP contribution in [0.4, 0.5) is 5.69 Å². The van der Waals surface area contributed by atoms with Crippen LogP contribution in [0.5, 0.6) is 11.5 Å². The summed E-state index contributed by atoms with van der Waals surface area (Å²) in [6.45, 7) is 2.23. The molecule has 7 nitrogen and oxygen atoms in total. The number of hydrogen-bond donors (Lipinski definition) is 1. The van der Waals surface area contributed by atoms with E-state index >= 15 is 0 Å². The Balaban J connectivity index is 0.00000225. The number of nitrogens with zero attached hydrogens (tertiary/aromatic N) is 2. The highest BCUT2D eigenvalue weighted by Crippen LogP contribution is 2.37. The number of methoxy groups -OCH3 is 2. The van der Waals surface area contributed by atoms with Crippen molar-refractivity contribution in [3.05, 3.63) is 18.2 Å². The average molecular weight is 410 g/mol. The lowest BCUT2D eigenvalue weighted by Gasteiger charge is -2.30. The first-order valence-corrected chi connectivity index (χ1v) is 9.67. The van der Waals surface area contributed by atoms with Gasteiger partial charge in [0, 0.05) is 37.7 Å². The number of nitrogens with one attached hydrogen (secondary N) is 1. The molecule has 3 aliphatic heterocycles. The van der Waals surface area contributed by atoms with E-state index in [0.717, 1.165) is 32.4 Å². The molecule has 3 fully saturated rings. The van der Waals surface area contributed by atoms with Crippen molar-refractivity contribution in [3.8, 4) is 11.5 Å². The number of benzene rings is 1. The molecule has 1 N–H and O–H groups in total. The molecule has 2 amide bonds. The average Bonchev–Trinajstić information content (AvgIpc) is 3.18. The van der Waals surface area contributed by atoms with Crippen LogP contribution in [0, 0.1) is 5.92 Å². The number of hydrogen-bond acceptors (Lipinski definition) is 5. The highest BCUT2D eigenvalue weighted by Gasteiger charge is 2.44. The Hall–Kier alpha value is -1.99. The molecule has 2 bridgehead atoms. The van der Waals surface area contributed by atoms with Crippen LogP contribution in [-0.4, -0.2) is 62.7 Å². The standard InChI is InChI=1S/C20H27N3O4.ClH/c1-26-16-5-6-17(18(10-16)27-2)22-12-13(9-19(22)24)20(25)23-14-3-4-15(23)11-21-8-7-14;/h5-6,10,13-15,21H,3-4,7-9,11-12H2,1-2H3;1H. The molecular weight excluding hydrogens is 382 g/mol. The smallest absolute Gasteiger partial charge is 0.228 e. The number of carbonyl (C=O) groups excluding carboxylic acids is 2. The Bertz CT molecular complexity index is 730. The van der Waals surface area contributed by atoms with Gasteiger partial charge in [-0.2, -0.15) is 0 Å². The van der Waals surface area contributed by atoms with Gasteiger partial charge in [0.15, 0.2) is 0 Å². The fourth-order valence-corrected chi connectivity index (χ4v) is 4.67. The number of rotatable bonds is 4. The first-order valence-electron chi connectivity index (χ1n) is 9.67. The van der Waals surface area contributed by atoms with Crippen molar-refractivity contribution in [2.24, 2.45) is 5.92 Å². The zero-order valence-corrected chi connectivity index (χ0v) is 17.2. The van der Waals surface area contributed by atoms with Gasteiger partial charge in [-0.15, -0.1) is 12.4 Å². The van der Waals surface area contributed by atoms with Gasteiger partial charge in [-0.05, 0) is 37.9 Å². The fourth-order valence-electron chi connectivity index (χ4n) is 4.67. The van der Waals surface area contributed by atoms with E-state index in [4.69, 9.17) is 9.47 Å². The second-order valence-electron chi connectivity index (χ2n) is 7.57. The summed E-state index contributed by atoms with van der Waals surface area (Å²) in [4.78, 5) is 29.7. The summed E-state index contributed by atoms with van der Waals surface area (Å²) >= 11 is 0. The van der Waals surface area contributed by atoms with Crippen LogP contribution in [0.2, 0.25) is 0 Å². The van der Waals surface area contributed by atoms with Crippen molar-refractivity contribution in [1.82, 2.24) is 10.2 Å². The van der Waals surface area contributed by atoms with Gasteiger partial charge in [0.1, 0.15) is 11.5 Å². The van der Waals surface area contributed by atoms with E-state index in [1.54, 1.807) is 31.3 Å². The Morgan fingerprint density at radius 2 is 1.93 bits per heavy atom. The molecule has 0 spiro atoms. The van der Waals surface area contributed by atoms with Crippen LogP contribution in [0.1, 0.15) is 25.7 Å². The molecule has 3 heterocycles. The lowest BCUT2D eigenvalue weighted by Crippen LogP contribution is -2.46. The Kier molecular flexibility index (Phi) is 6.35. The summed E-state index contributed by atoms with van der Waals surface area (Å²) in [5.74, 6) is 1.07. The molecule has 3 saturated heterocycles. The minimum atomic E-state index is -0.287. The molecule has 0 saturated carbocycles. The van der Waals surface area contributed by atoms with Crippen molar-refractivity contribution < 1.29 is 19.1 Å². The van der Waals surface area contributed by atoms with Crippen LogP contribution < -0.4 is 19.7 Å². The summed E-state index contributed by atoms with van der Waals surface area (Å²) < 4.78 is 10.7. The maximum atomic E-state index is 13.3. The number of amides is 2. The van der Waals surface area contributed by atoms with E-state index in [1.165, 1.54) is 0 Å². The highest BCUT2D eigenvalue weighted by atomic mass is 35.5. The quantitative estimate of drug-likeness (QED) is 0.821. The van der Waals surface area contributed by atoms with E-state index in [-0.39, 0.29) is 42.6 Å². The van der Waals surface area contributed by atoms with Gasteiger partial charge >= 0.3 is 0 Å². The summed E-state index contributed by atoms with van der Waals surface area (Å²) in [7, 11) is 3.16. The Labute approximate surface area is 171 Å². The maximum Gasteiger partial charge on any atom is 0.228 e. The minimum absolute atomic E-state index is 0. The van der Waals surface area contributed by atoms with Crippen molar-refractivity contribution >= 4 is 29.9 Å². The van der Waals surface area contributed by atoms with E-state index in [9.17, 15) is 9.59 Å². The summed E-state index contributed by atoms with van der Waals surface area (Å²) in [6, 6.07) is 5.98. The molecule has 0 aliphatic carbocycles. The molecule has 0 radical (unpaired) electrons. The van der Waals surface area contributed by atoms with Crippen LogP contribution in [0.25, 0.3) is 0 Å². The van der Waals surface area contributed by atoms with Crippen molar-refractivity contribution in [2.45, 2.75) is 37.8 Å². The summed E-state index contributed by atoms with van der Waals surface area (Å²) in [6.07, 6.45) is 3.39. The van der Waals surface area contributed by atoms with Crippen molar-refractivity contribution in [1.29, 1.82) is 0 Å². The Morgan fingerprint density at radius 3 is 2.68 bits per heavy atom. The molecule has 3 unspecified atom stereocenters. The topological polar surface area (TPSA) is 71.1 Å². The summed E-state index contributed by atoms with van der Waals surface area (Å²) in [5, 5.41) is 3.42. The monoisotopic (exact) mass is 409 g/mol. The van der Waals surface area contributed by atoms with E-state index in [2.05, 4.69) is 10.2 Å². The molecule has 4 rings (SSSR count). The zero-order chi connectivity index (χ0) is 19.0. The molecule has 3 atom stereocenters. The maximum absolute atomic E-state index is 13.3. The summed E-state index contributed by atoms with van der Waals surface area (Å²) in [5.41, 5.74) is 0.694. The van der Waals surface area contributed by atoms with Crippen molar-refractivity contribution in [3.63, 3.8) is 0 Å². The van der Waals surface area contributed by atoms with Gasteiger partial charge in [-0.25, -0.2) is 0 Å². The molecule has 154 valence electrons. The number of carbonyl (C=O) groups is 2. The lowest BCUT2D eigenvalue weighted by molar-refractivity contribution is -0.138. The molecule has 0 aromatic heterocycles. The fraction of sp³-hybridized carbons (Fsp3) is 0.600. The van der Waals surface area contributed by atoms with Gasteiger partial charge < -0.3 is 24.6 Å². The normalized spacial score (nSPS) is 26.6. The van der Waals surface area contributed by atoms with Gasteiger partial charge in [0.05, 0.1) is 25.8 Å². The minimum Gasteiger partial charge on any atom is -0.497 e. The second-order valence-corrected chi connectivity index (χ2v) is 7.57. The van der Waals surface area contributed by atoms with E-state index in [1.807, 2.05) is 6.07 Å². The van der Waals surface area contributed by atoms with Gasteiger partial charge in [-0.3, -0.25) is 9.59 Å². The van der Waals surface area contributed by atoms with Gasteiger partial charge in [0.2, 0.25) is 11.8 Å². The second kappa shape index (κ2) is 8.57. The van der Waals surface area contributed by atoms with Crippen molar-refractivity contribution in [2.75, 3.05) is 38.8 Å². The number of halogens is 1. The van der Waals surface area contributed by atoms with Crippen LogP contribution in [0.3, 0.4) is 0 Å². The zero-order valence-electron chi connectivity index (χ0n) is 16.3. The molecule has 28 heavy (non-hydrogen) atoms. The first kappa shape index (κ1) is 20.7. The van der Waals surface area contributed by atoms with Gasteiger partial charge in [-0.1, -0.05) is 0 Å². The molecule has 1 aromatic rings. The third-order valence-electron chi connectivity index (χ3n) is 6.06. The highest BCUT2D eigenvalue weighted by molar-refractivity contribution is 6.01. The molecule has 3 aliphatic rings. The SMILES string of the molecule is COc1ccc(N2CC(C(=O)N3C4CCNCC3CC4)CC2=O)c(OC)c1.Cl. The molecular formula is C20H28ClN3O4. The third kappa shape index (κ3) is 3.65. The van der Waals surface area contributed by atoms with Crippen LogP contribution in [0.15, 0.2) is 18.2 Å². The van der Waals surface area contributed by atoms with Crippen LogP contribution >= 0.6 is 12.4 Å². The van der Waals surface area contributed by atoms with E-state index in [0.29, 0.717) is 29.8 Å². The third-order valence-corrected chi connectivity index (χ3v) is 6.06. The molecule has 8 heteroatoms.